The largest absolute Gasteiger partial charge is 0.351 e. The molecule has 1 aliphatic carbocycles. The van der Waals surface area contributed by atoms with Crippen LogP contribution in [0.2, 0.25) is 0 Å². The molecule has 0 unspecified atom stereocenters. The molecular weight excluding hydrogens is 324 g/mol. The highest BCUT2D eigenvalue weighted by atomic mass is 35.7. The Morgan fingerprint density at radius 1 is 1.38 bits per heavy atom. The molecule has 2 rings (SSSR count). The first-order chi connectivity index (χ1) is 9.70. The zero-order chi connectivity index (χ0) is 15.8. The Morgan fingerprint density at radius 3 is 2.48 bits per heavy atom. The van der Waals surface area contributed by atoms with Crippen LogP contribution in [0.1, 0.15) is 36.5 Å². The molecule has 0 heterocycles. The van der Waals surface area contributed by atoms with Crippen molar-refractivity contribution in [3.8, 4) is 0 Å². The molecule has 1 aromatic rings. The van der Waals surface area contributed by atoms with Crippen molar-refractivity contribution in [1.29, 1.82) is 0 Å². The van der Waals surface area contributed by atoms with Crippen LogP contribution < -0.4 is 5.32 Å². The molecule has 1 aromatic carbocycles. The third-order valence-electron chi connectivity index (χ3n) is 3.88. The van der Waals surface area contributed by atoms with Crippen LogP contribution in [0.4, 0.5) is 8.78 Å². The summed E-state index contributed by atoms with van der Waals surface area (Å²) in [5.74, 6) is -3.58. The molecule has 21 heavy (non-hydrogen) atoms. The molecular formula is C13H14ClF2NO3S. The summed E-state index contributed by atoms with van der Waals surface area (Å²) in [6.07, 6.45) is 2.75. The van der Waals surface area contributed by atoms with E-state index >= 15 is 0 Å². The summed E-state index contributed by atoms with van der Waals surface area (Å²) in [6.45, 7) is 2.28. The average Bonchev–Trinajstić information content (AvgIpc) is 3.15. The predicted octanol–water partition coefficient (Wildman–Crippen LogP) is 2.81. The van der Waals surface area contributed by atoms with Gasteiger partial charge in [0.2, 0.25) is 0 Å². The second-order valence-corrected chi connectivity index (χ2v) is 7.74. The van der Waals surface area contributed by atoms with Crippen molar-refractivity contribution in [3.05, 3.63) is 29.3 Å². The number of hydrogen-bond donors (Lipinski definition) is 1. The van der Waals surface area contributed by atoms with Crippen molar-refractivity contribution < 1.29 is 22.0 Å². The Kier molecular flexibility index (Phi) is 4.26. The van der Waals surface area contributed by atoms with Crippen molar-refractivity contribution in [2.24, 2.45) is 5.41 Å². The first-order valence-electron chi connectivity index (χ1n) is 6.41. The van der Waals surface area contributed by atoms with Crippen LogP contribution in [0, 0.1) is 17.0 Å². The number of rotatable bonds is 5. The summed E-state index contributed by atoms with van der Waals surface area (Å²) in [7, 11) is 0.662. The number of carbonyl (C=O) groups is 1. The van der Waals surface area contributed by atoms with Gasteiger partial charge in [0, 0.05) is 17.2 Å². The van der Waals surface area contributed by atoms with Gasteiger partial charge in [-0.3, -0.25) is 4.79 Å². The summed E-state index contributed by atoms with van der Waals surface area (Å²) in [5, 5.41) is 2.46. The van der Waals surface area contributed by atoms with E-state index in [1.807, 2.05) is 6.92 Å². The quantitative estimate of drug-likeness (QED) is 0.840. The molecule has 0 spiro atoms. The van der Waals surface area contributed by atoms with Gasteiger partial charge in [-0.1, -0.05) is 6.92 Å². The molecule has 1 N–H and O–H groups in total. The molecule has 1 saturated carbocycles. The Morgan fingerprint density at radius 2 is 2.00 bits per heavy atom. The van der Waals surface area contributed by atoms with Crippen LogP contribution in [0.5, 0.6) is 0 Å². The first kappa shape index (κ1) is 16.2. The summed E-state index contributed by atoms with van der Waals surface area (Å²) < 4.78 is 50.0. The van der Waals surface area contributed by atoms with Gasteiger partial charge in [-0.05, 0) is 36.8 Å². The molecule has 1 amide bonds. The lowest BCUT2D eigenvalue weighted by Gasteiger charge is -2.14. The molecule has 116 valence electrons. The zero-order valence-electron chi connectivity index (χ0n) is 11.3. The van der Waals surface area contributed by atoms with E-state index in [1.165, 1.54) is 0 Å². The van der Waals surface area contributed by atoms with E-state index in [1.54, 1.807) is 0 Å². The van der Waals surface area contributed by atoms with E-state index in [4.69, 9.17) is 10.7 Å². The van der Waals surface area contributed by atoms with Gasteiger partial charge in [-0.2, -0.15) is 0 Å². The van der Waals surface area contributed by atoms with Crippen LogP contribution in [0.3, 0.4) is 0 Å². The number of halogens is 3. The number of benzene rings is 1. The summed E-state index contributed by atoms with van der Waals surface area (Å²) >= 11 is 0. The maximum atomic E-state index is 14.0. The van der Waals surface area contributed by atoms with Gasteiger partial charge in [-0.25, -0.2) is 17.2 Å². The van der Waals surface area contributed by atoms with E-state index in [0.717, 1.165) is 19.3 Å². The third-order valence-corrected chi connectivity index (χ3v) is 5.22. The lowest BCUT2D eigenvalue weighted by Crippen LogP contribution is -2.31. The highest BCUT2D eigenvalue weighted by Gasteiger charge is 2.41. The zero-order valence-corrected chi connectivity index (χ0v) is 12.8. The second kappa shape index (κ2) is 5.53. The van der Waals surface area contributed by atoms with Crippen LogP contribution >= 0.6 is 10.7 Å². The molecule has 0 atom stereocenters. The third kappa shape index (κ3) is 3.35. The molecule has 0 aliphatic heterocycles. The van der Waals surface area contributed by atoms with Gasteiger partial charge in [0.05, 0.1) is 0 Å². The normalized spacial score (nSPS) is 16.6. The summed E-state index contributed by atoms with van der Waals surface area (Å²) in [6, 6.07) is 1.40. The molecule has 0 radical (unpaired) electrons. The Labute approximate surface area is 125 Å². The standard InChI is InChI=1S/C13H14ClF2NO3S/c1-2-13(5-6-13)7-17-12(18)10-8(15)3-4-9(11(10)16)21(14,19)20/h3-4H,2,5-7H2,1H3,(H,17,18). The maximum absolute atomic E-state index is 14.0. The SMILES string of the molecule is CCC1(CNC(=O)c2c(F)ccc(S(=O)(=O)Cl)c2F)CC1. The number of hydrogen-bond acceptors (Lipinski definition) is 3. The highest BCUT2D eigenvalue weighted by Crippen LogP contribution is 2.47. The summed E-state index contributed by atoms with van der Waals surface area (Å²) in [5.41, 5.74) is -0.928. The van der Waals surface area contributed by atoms with E-state index in [2.05, 4.69) is 5.32 Å². The fourth-order valence-electron chi connectivity index (χ4n) is 2.12. The molecule has 0 saturated heterocycles. The van der Waals surface area contributed by atoms with Crippen molar-refractivity contribution in [2.45, 2.75) is 31.1 Å². The monoisotopic (exact) mass is 337 g/mol. The van der Waals surface area contributed by atoms with E-state index in [0.29, 0.717) is 18.7 Å². The molecule has 1 fully saturated rings. The van der Waals surface area contributed by atoms with E-state index in [9.17, 15) is 22.0 Å². The molecule has 0 bridgehead atoms. The van der Waals surface area contributed by atoms with Gasteiger partial charge in [0.15, 0.2) is 5.82 Å². The Bertz CT molecular complexity index is 687. The summed E-state index contributed by atoms with van der Waals surface area (Å²) in [4.78, 5) is 11.0. The first-order valence-corrected chi connectivity index (χ1v) is 8.72. The Hall–Kier alpha value is -1.21. The van der Waals surface area contributed by atoms with Crippen LogP contribution in [-0.4, -0.2) is 20.9 Å². The van der Waals surface area contributed by atoms with Gasteiger partial charge < -0.3 is 5.32 Å². The van der Waals surface area contributed by atoms with Gasteiger partial charge >= 0.3 is 0 Å². The molecule has 4 nitrogen and oxygen atoms in total. The van der Waals surface area contributed by atoms with Crippen molar-refractivity contribution in [1.82, 2.24) is 5.32 Å². The van der Waals surface area contributed by atoms with Crippen LogP contribution in [-0.2, 0) is 9.05 Å². The number of nitrogens with one attached hydrogen (secondary N) is 1. The smallest absolute Gasteiger partial charge is 0.264 e. The van der Waals surface area contributed by atoms with Crippen molar-refractivity contribution in [3.63, 3.8) is 0 Å². The minimum atomic E-state index is -4.39. The minimum absolute atomic E-state index is 0.00121. The number of amides is 1. The van der Waals surface area contributed by atoms with Gasteiger partial charge in [0.25, 0.3) is 15.0 Å². The fraction of sp³-hybridized carbons (Fsp3) is 0.462. The predicted molar refractivity (Wildman–Crippen MR) is 73.7 cm³/mol. The second-order valence-electron chi connectivity index (χ2n) is 5.21. The lowest BCUT2D eigenvalue weighted by molar-refractivity contribution is 0.0935. The molecule has 1 aliphatic rings. The van der Waals surface area contributed by atoms with Crippen LogP contribution in [0.25, 0.3) is 0 Å². The van der Waals surface area contributed by atoms with Crippen molar-refractivity contribution >= 4 is 25.6 Å². The molecule has 8 heteroatoms. The van der Waals surface area contributed by atoms with Crippen molar-refractivity contribution in [2.75, 3.05) is 6.54 Å². The topological polar surface area (TPSA) is 63.2 Å². The van der Waals surface area contributed by atoms with Gasteiger partial charge in [0.1, 0.15) is 16.3 Å². The molecule has 0 aromatic heterocycles. The van der Waals surface area contributed by atoms with Crippen LogP contribution in [0.15, 0.2) is 17.0 Å². The van der Waals surface area contributed by atoms with Gasteiger partial charge in [-0.15, -0.1) is 0 Å². The fourth-order valence-corrected chi connectivity index (χ4v) is 3.02. The number of carbonyl (C=O) groups excluding carboxylic acids is 1. The highest BCUT2D eigenvalue weighted by molar-refractivity contribution is 8.13. The lowest BCUT2D eigenvalue weighted by atomic mass is 10.0. The van der Waals surface area contributed by atoms with E-state index in [-0.39, 0.29) is 5.41 Å². The maximum Gasteiger partial charge on any atom is 0.264 e. The van der Waals surface area contributed by atoms with E-state index < -0.39 is 37.1 Å². The minimum Gasteiger partial charge on any atom is -0.351 e. The Balaban J connectivity index is 2.28. The average molecular weight is 338 g/mol.